The Hall–Kier alpha value is -2.91. The van der Waals surface area contributed by atoms with Crippen LogP contribution < -0.4 is 14.8 Å². The molecule has 168 valence electrons. The number of aromatic hydroxyl groups is 1. The Labute approximate surface area is 184 Å². The van der Waals surface area contributed by atoms with Gasteiger partial charge in [0.1, 0.15) is 23.0 Å². The predicted molar refractivity (Wildman–Crippen MR) is 117 cm³/mol. The van der Waals surface area contributed by atoms with Gasteiger partial charge in [0.15, 0.2) is 12.4 Å². The smallest absolute Gasteiger partial charge is 0.338 e. The molecule has 2 aromatic rings. The summed E-state index contributed by atoms with van der Waals surface area (Å²) in [4.78, 5) is 23.7. The molecular weight excluding hydrogens is 422 g/mol. The van der Waals surface area contributed by atoms with Crippen LogP contribution in [0, 0.1) is 0 Å². The van der Waals surface area contributed by atoms with Gasteiger partial charge >= 0.3 is 5.97 Å². The zero-order chi connectivity index (χ0) is 22.8. The minimum atomic E-state index is -1.30. The molecule has 0 heterocycles. The van der Waals surface area contributed by atoms with Crippen molar-refractivity contribution in [2.24, 2.45) is 0 Å². The van der Waals surface area contributed by atoms with Gasteiger partial charge in [0, 0.05) is 24.3 Å². The van der Waals surface area contributed by atoms with Crippen LogP contribution in [-0.2, 0) is 20.3 Å². The number of nitrogens with one attached hydrogen (secondary N) is 1. The van der Waals surface area contributed by atoms with E-state index in [0.29, 0.717) is 29.9 Å². The molecule has 0 saturated carbocycles. The van der Waals surface area contributed by atoms with Crippen molar-refractivity contribution in [3.8, 4) is 23.0 Å². The maximum atomic E-state index is 12.1. The van der Waals surface area contributed by atoms with Gasteiger partial charge in [0.2, 0.25) is 0 Å². The Morgan fingerprint density at radius 3 is 2.55 bits per heavy atom. The second-order valence-corrected chi connectivity index (χ2v) is 8.19. The van der Waals surface area contributed by atoms with Gasteiger partial charge < -0.3 is 24.6 Å². The summed E-state index contributed by atoms with van der Waals surface area (Å²) in [6.07, 6.45) is 1.16. The van der Waals surface area contributed by atoms with Crippen molar-refractivity contribution in [3.05, 3.63) is 42.0 Å². The second-order valence-electron chi connectivity index (χ2n) is 6.65. The predicted octanol–water partition coefficient (Wildman–Crippen LogP) is 3.04. The molecule has 9 heteroatoms. The summed E-state index contributed by atoms with van der Waals surface area (Å²) in [6.45, 7) is 2.49. The van der Waals surface area contributed by atoms with Crippen LogP contribution in [0.2, 0.25) is 0 Å². The molecule has 0 bridgehead atoms. The fourth-order valence-electron chi connectivity index (χ4n) is 2.74. The third kappa shape index (κ3) is 7.08. The van der Waals surface area contributed by atoms with Gasteiger partial charge in [0.05, 0.1) is 28.4 Å². The average Bonchev–Trinajstić information content (AvgIpc) is 2.76. The van der Waals surface area contributed by atoms with E-state index >= 15 is 0 Å². The molecule has 2 unspecified atom stereocenters. The van der Waals surface area contributed by atoms with Gasteiger partial charge in [-0.2, -0.15) is 0 Å². The molecule has 2 N–H and O–H groups in total. The van der Waals surface area contributed by atoms with Crippen LogP contribution >= 0.6 is 0 Å². The van der Waals surface area contributed by atoms with E-state index in [1.54, 1.807) is 13.1 Å². The highest BCUT2D eigenvalue weighted by Crippen LogP contribution is 2.32. The number of rotatable bonds is 12. The van der Waals surface area contributed by atoms with E-state index in [1.165, 1.54) is 37.4 Å². The van der Waals surface area contributed by atoms with E-state index in [-0.39, 0.29) is 28.6 Å². The SMILES string of the molecule is CCCS(=O)c1ccc(Oc2cc(OC(C=O)CCNC)cc(C(=O)OC)c2)cc1O. The number of ether oxygens (including phenoxy) is 3. The number of benzene rings is 2. The van der Waals surface area contributed by atoms with Crippen LogP contribution in [-0.4, -0.2) is 54.1 Å². The molecule has 0 amide bonds. The van der Waals surface area contributed by atoms with Crippen molar-refractivity contribution in [1.82, 2.24) is 5.32 Å². The Balaban J connectivity index is 2.30. The van der Waals surface area contributed by atoms with Crippen LogP contribution in [0.3, 0.4) is 0 Å². The number of phenols is 1. The van der Waals surface area contributed by atoms with Crippen LogP contribution in [0.4, 0.5) is 0 Å². The van der Waals surface area contributed by atoms with E-state index in [0.717, 1.165) is 6.42 Å². The zero-order valence-corrected chi connectivity index (χ0v) is 18.6. The van der Waals surface area contributed by atoms with Crippen LogP contribution in [0.1, 0.15) is 30.1 Å². The number of aldehydes is 1. The van der Waals surface area contributed by atoms with Crippen molar-refractivity contribution in [1.29, 1.82) is 0 Å². The zero-order valence-electron chi connectivity index (χ0n) is 17.8. The maximum absolute atomic E-state index is 12.1. The van der Waals surface area contributed by atoms with Crippen LogP contribution in [0.5, 0.6) is 23.0 Å². The van der Waals surface area contributed by atoms with Gasteiger partial charge in [-0.1, -0.05) is 6.92 Å². The molecule has 2 rings (SSSR count). The third-order valence-corrected chi connectivity index (χ3v) is 5.83. The molecule has 0 fully saturated rings. The van der Waals surface area contributed by atoms with Crippen molar-refractivity contribution in [2.45, 2.75) is 30.8 Å². The van der Waals surface area contributed by atoms with Crippen LogP contribution in [0.25, 0.3) is 0 Å². The topological polar surface area (TPSA) is 111 Å². The summed E-state index contributed by atoms with van der Waals surface area (Å²) in [6, 6.07) is 8.93. The number of phenolic OH excluding ortho intramolecular Hbond substituents is 1. The Kier molecular flexibility index (Phi) is 9.48. The van der Waals surface area contributed by atoms with Crippen molar-refractivity contribution < 1.29 is 33.1 Å². The van der Waals surface area contributed by atoms with Gasteiger partial charge in [-0.05, 0) is 44.3 Å². The number of hydrogen-bond acceptors (Lipinski definition) is 8. The number of hydrogen-bond donors (Lipinski definition) is 2. The summed E-state index contributed by atoms with van der Waals surface area (Å²) in [5.74, 6) is 0.499. The number of carbonyl (C=O) groups excluding carboxylic acids is 2. The van der Waals surface area contributed by atoms with Gasteiger partial charge in [-0.3, -0.25) is 9.00 Å². The van der Waals surface area contributed by atoms with E-state index in [9.17, 15) is 18.9 Å². The van der Waals surface area contributed by atoms with Crippen molar-refractivity contribution in [2.75, 3.05) is 26.5 Å². The Morgan fingerprint density at radius 2 is 1.94 bits per heavy atom. The normalized spacial score (nSPS) is 12.6. The van der Waals surface area contributed by atoms with Gasteiger partial charge in [0.25, 0.3) is 0 Å². The molecule has 0 saturated heterocycles. The minimum absolute atomic E-state index is 0.141. The lowest BCUT2D eigenvalue weighted by Crippen LogP contribution is -2.23. The molecule has 0 radical (unpaired) electrons. The fourth-order valence-corrected chi connectivity index (χ4v) is 3.84. The highest BCUT2D eigenvalue weighted by Gasteiger charge is 2.16. The molecule has 0 aliphatic heterocycles. The third-order valence-electron chi connectivity index (χ3n) is 4.22. The first-order valence-electron chi connectivity index (χ1n) is 9.81. The number of esters is 1. The standard InChI is InChI=1S/C22H27NO7S/c1-4-9-31(27)21-6-5-16(13-20(21)25)29-18-10-15(22(26)28-3)11-19(12-18)30-17(14-24)7-8-23-2/h5-6,10-14,17,23,25H,4,7-9H2,1-3H3. The Morgan fingerprint density at radius 1 is 1.19 bits per heavy atom. The van der Waals surface area contributed by atoms with E-state index < -0.39 is 22.9 Å². The molecular formula is C22H27NO7S. The lowest BCUT2D eigenvalue weighted by atomic mass is 10.2. The molecule has 0 aromatic heterocycles. The summed E-state index contributed by atoms with van der Waals surface area (Å²) in [5, 5.41) is 13.2. The number of methoxy groups -OCH3 is 1. The first-order chi connectivity index (χ1) is 14.9. The summed E-state index contributed by atoms with van der Waals surface area (Å²) < 4.78 is 28.4. The fraction of sp³-hybridized carbons (Fsp3) is 0.364. The van der Waals surface area contributed by atoms with Crippen molar-refractivity contribution in [3.63, 3.8) is 0 Å². The first kappa shape index (κ1) is 24.4. The molecule has 0 spiro atoms. The molecule has 8 nitrogen and oxygen atoms in total. The molecule has 0 aliphatic carbocycles. The lowest BCUT2D eigenvalue weighted by Gasteiger charge is -2.16. The molecule has 31 heavy (non-hydrogen) atoms. The minimum Gasteiger partial charge on any atom is -0.507 e. The summed E-state index contributed by atoms with van der Waals surface area (Å²) >= 11 is 0. The van der Waals surface area contributed by atoms with Gasteiger partial charge in [-0.25, -0.2) is 4.79 Å². The highest BCUT2D eigenvalue weighted by atomic mass is 32.2. The highest BCUT2D eigenvalue weighted by molar-refractivity contribution is 7.85. The number of carbonyl (C=O) groups is 2. The van der Waals surface area contributed by atoms with Crippen LogP contribution in [0.15, 0.2) is 41.3 Å². The average molecular weight is 450 g/mol. The first-order valence-corrected chi connectivity index (χ1v) is 11.1. The largest absolute Gasteiger partial charge is 0.507 e. The van der Waals surface area contributed by atoms with E-state index in [2.05, 4.69) is 5.32 Å². The maximum Gasteiger partial charge on any atom is 0.338 e. The van der Waals surface area contributed by atoms with Crippen molar-refractivity contribution >= 4 is 23.1 Å². The monoisotopic (exact) mass is 449 g/mol. The molecule has 2 aromatic carbocycles. The summed E-state index contributed by atoms with van der Waals surface area (Å²) in [7, 11) is 1.72. The molecule has 0 aliphatic rings. The van der Waals surface area contributed by atoms with E-state index in [4.69, 9.17) is 14.2 Å². The van der Waals surface area contributed by atoms with E-state index in [1.807, 2.05) is 6.92 Å². The lowest BCUT2D eigenvalue weighted by molar-refractivity contribution is -0.113. The Bertz CT molecular complexity index is 932. The second kappa shape index (κ2) is 12.1. The van der Waals surface area contributed by atoms with Gasteiger partial charge in [-0.15, -0.1) is 0 Å². The summed E-state index contributed by atoms with van der Waals surface area (Å²) in [5.41, 5.74) is 0.179. The molecule has 2 atom stereocenters. The quantitative estimate of drug-likeness (QED) is 0.376.